The molecule has 1 aromatic carbocycles. The first-order valence-electron chi connectivity index (χ1n) is 10.4. The molecule has 0 aromatic heterocycles. The summed E-state index contributed by atoms with van der Waals surface area (Å²) in [6, 6.07) is 9.95. The number of piperazine rings is 1. The predicted octanol–water partition coefficient (Wildman–Crippen LogP) is 2.36. The number of nitrogens with one attached hydrogen (secondary N) is 1. The molecule has 0 radical (unpaired) electrons. The normalized spacial score (nSPS) is 23.8. The summed E-state index contributed by atoms with van der Waals surface area (Å²) in [5.41, 5.74) is 1.10. The lowest BCUT2D eigenvalue weighted by molar-refractivity contribution is -0.143. The molecule has 0 spiro atoms. The van der Waals surface area contributed by atoms with Crippen LogP contribution >= 0.6 is 0 Å². The Bertz CT molecular complexity index is 690. The summed E-state index contributed by atoms with van der Waals surface area (Å²) in [6.07, 6.45) is 3.06. The van der Waals surface area contributed by atoms with E-state index in [0.29, 0.717) is 26.2 Å². The molecule has 6 nitrogen and oxygen atoms in total. The third-order valence-corrected chi connectivity index (χ3v) is 6.14. The number of hydrogen-bond donors (Lipinski definition) is 1. The van der Waals surface area contributed by atoms with Crippen LogP contribution in [0.5, 0.6) is 0 Å². The van der Waals surface area contributed by atoms with Crippen molar-refractivity contribution in [1.82, 2.24) is 15.1 Å². The number of rotatable bonds is 4. The number of nitrogens with zero attached hydrogens (tertiary/aromatic N) is 2. The molecular weight excluding hydrogens is 354 g/mol. The van der Waals surface area contributed by atoms with E-state index in [-0.39, 0.29) is 35.6 Å². The molecule has 28 heavy (non-hydrogen) atoms. The van der Waals surface area contributed by atoms with Crippen molar-refractivity contribution < 1.29 is 14.4 Å². The number of amides is 3. The van der Waals surface area contributed by atoms with Gasteiger partial charge in [-0.15, -0.1) is 0 Å². The summed E-state index contributed by atoms with van der Waals surface area (Å²) < 4.78 is 0. The van der Waals surface area contributed by atoms with Crippen molar-refractivity contribution in [3.8, 4) is 0 Å². The molecule has 1 aromatic rings. The van der Waals surface area contributed by atoms with Gasteiger partial charge in [0.25, 0.3) is 0 Å². The van der Waals surface area contributed by atoms with E-state index in [1.165, 1.54) is 0 Å². The monoisotopic (exact) mass is 385 g/mol. The molecule has 1 unspecified atom stereocenters. The first kappa shape index (κ1) is 20.4. The predicted molar refractivity (Wildman–Crippen MR) is 107 cm³/mol. The second-order valence-corrected chi connectivity index (χ2v) is 8.02. The molecule has 1 aliphatic heterocycles. The highest BCUT2D eigenvalue weighted by atomic mass is 16.2. The Morgan fingerprint density at radius 2 is 1.43 bits per heavy atom. The SMILES string of the molecule is CC(=O)N1CCN(C(=O)C2CCC(C(=O)NC(C)c3ccccc3)CC2)CC1. The summed E-state index contributed by atoms with van der Waals surface area (Å²) >= 11 is 0. The molecular formula is C22H31N3O3. The molecule has 2 fully saturated rings. The Labute approximate surface area is 167 Å². The minimum absolute atomic E-state index is 0.00868. The van der Waals surface area contributed by atoms with Crippen LogP contribution in [0, 0.1) is 11.8 Å². The van der Waals surface area contributed by atoms with Crippen LogP contribution in [0.15, 0.2) is 30.3 Å². The van der Waals surface area contributed by atoms with E-state index in [9.17, 15) is 14.4 Å². The van der Waals surface area contributed by atoms with Gasteiger partial charge in [0.1, 0.15) is 0 Å². The quantitative estimate of drug-likeness (QED) is 0.865. The minimum Gasteiger partial charge on any atom is -0.349 e. The largest absolute Gasteiger partial charge is 0.349 e. The first-order chi connectivity index (χ1) is 13.5. The lowest BCUT2D eigenvalue weighted by Crippen LogP contribution is -2.51. The molecule has 3 rings (SSSR count). The molecule has 1 atom stereocenters. The third-order valence-electron chi connectivity index (χ3n) is 6.14. The zero-order valence-corrected chi connectivity index (χ0v) is 16.9. The van der Waals surface area contributed by atoms with E-state index in [1.54, 1.807) is 11.8 Å². The fourth-order valence-electron chi connectivity index (χ4n) is 4.26. The van der Waals surface area contributed by atoms with Crippen LogP contribution < -0.4 is 5.32 Å². The molecule has 2 aliphatic rings. The zero-order chi connectivity index (χ0) is 20.1. The molecule has 1 saturated carbocycles. The van der Waals surface area contributed by atoms with Crippen molar-refractivity contribution >= 4 is 17.7 Å². The van der Waals surface area contributed by atoms with Crippen molar-refractivity contribution in [3.05, 3.63) is 35.9 Å². The van der Waals surface area contributed by atoms with Gasteiger partial charge in [0.05, 0.1) is 6.04 Å². The van der Waals surface area contributed by atoms with E-state index >= 15 is 0 Å². The number of carbonyl (C=O) groups excluding carboxylic acids is 3. The lowest BCUT2D eigenvalue weighted by Gasteiger charge is -2.37. The molecule has 6 heteroatoms. The summed E-state index contributed by atoms with van der Waals surface area (Å²) in [5, 5.41) is 3.12. The van der Waals surface area contributed by atoms with Gasteiger partial charge in [-0.05, 0) is 38.2 Å². The molecule has 1 N–H and O–H groups in total. The van der Waals surface area contributed by atoms with Crippen LogP contribution in [0.2, 0.25) is 0 Å². The molecule has 3 amide bonds. The molecule has 0 bridgehead atoms. The van der Waals surface area contributed by atoms with Crippen LogP contribution in [0.3, 0.4) is 0 Å². The molecule has 1 aliphatic carbocycles. The van der Waals surface area contributed by atoms with Gasteiger partial charge in [-0.2, -0.15) is 0 Å². The third kappa shape index (κ3) is 4.91. The number of carbonyl (C=O) groups is 3. The van der Waals surface area contributed by atoms with Gasteiger partial charge in [0, 0.05) is 44.9 Å². The van der Waals surface area contributed by atoms with Gasteiger partial charge >= 0.3 is 0 Å². The van der Waals surface area contributed by atoms with E-state index in [4.69, 9.17) is 0 Å². The second-order valence-electron chi connectivity index (χ2n) is 8.02. The number of hydrogen-bond acceptors (Lipinski definition) is 3. The highest BCUT2D eigenvalue weighted by molar-refractivity contribution is 5.82. The maximum Gasteiger partial charge on any atom is 0.225 e. The summed E-state index contributed by atoms with van der Waals surface area (Å²) in [5.74, 6) is 0.365. The van der Waals surface area contributed by atoms with Crippen molar-refractivity contribution in [2.75, 3.05) is 26.2 Å². The van der Waals surface area contributed by atoms with E-state index in [1.807, 2.05) is 42.2 Å². The fourth-order valence-corrected chi connectivity index (χ4v) is 4.26. The topological polar surface area (TPSA) is 69.7 Å². The minimum atomic E-state index is -0.00947. The van der Waals surface area contributed by atoms with E-state index in [2.05, 4.69) is 5.32 Å². The van der Waals surface area contributed by atoms with Crippen molar-refractivity contribution in [2.45, 2.75) is 45.6 Å². The number of benzene rings is 1. The maximum atomic E-state index is 12.8. The Kier molecular flexibility index (Phi) is 6.70. The van der Waals surface area contributed by atoms with Gasteiger partial charge in [-0.1, -0.05) is 30.3 Å². The Morgan fingerprint density at radius 3 is 2.00 bits per heavy atom. The van der Waals surface area contributed by atoms with E-state index < -0.39 is 0 Å². The zero-order valence-electron chi connectivity index (χ0n) is 16.9. The average molecular weight is 386 g/mol. The second kappa shape index (κ2) is 9.22. The van der Waals surface area contributed by atoms with Gasteiger partial charge in [0.2, 0.25) is 17.7 Å². The van der Waals surface area contributed by atoms with Crippen LogP contribution in [-0.2, 0) is 14.4 Å². The van der Waals surface area contributed by atoms with Gasteiger partial charge in [-0.3, -0.25) is 14.4 Å². The highest BCUT2D eigenvalue weighted by Crippen LogP contribution is 2.31. The average Bonchev–Trinajstić information content (AvgIpc) is 2.74. The van der Waals surface area contributed by atoms with Gasteiger partial charge in [0.15, 0.2) is 0 Å². The van der Waals surface area contributed by atoms with E-state index in [0.717, 1.165) is 31.2 Å². The standard InChI is InChI=1S/C22H31N3O3/c1-16(18-6-4-3-5-7-18)23-21(27)19-8-10-20(11-9-19)22(28)25-14-12-24(13-15-25)17(2)26/h3-7,16,19-20H,8-15H2,1-2H3,(H,23,27). The smallest absolute Gasteiger partial charge is 0.225 e. The van der Waals surface area contributed by atoms with Crippen LogP contribution in [0.1, 0.15) is 51.1 Å². The van der Waals surface area contributed by atoms with Crippen molar-refractivity contribution in [1.29, 1.82) is 0 Å². The highest BCUT2D eigenvalue weighted by Gasteiger charge is 2.33. The lowest BCUT2D eigenvalue weighted by atomic mass is 9.80. The fraction of sp³-hybridized carbons (Fsp3) is 0.591. The van der Waals surface area contributed by atoms with Crippen LogP contribution in [-0.4, -0.2) is 53.7 Å². The molecule has 152 valence electrons. The summed E-state index contributed by atoms with van der Waals surface area (Å²) in [7, 11) is 0. The molecule has 1 saturated heterocycles. The van der Waals surface area contributed by atoms with Crippen LogP contribution in [0.25, 0.3) is 0 Å². The Morgan fingerprint density at radius 1 is 0.893 bits per heavy atom. The molecule has 1 heterocycles. The van der Waals surface area contributed by atoms with Crippen molar-refractivity contribution in [3.63, 3.8) is 0 Å². The van der Waals surface area contributed by atoms with Gasteiger partial charge in [-0.25, -0.2) is 0 Å². The maximum absolute atomic E-state index is 12.8. The summed E-state index contributed by atoms with van der Waals surface area (Å²) in [6.45, 7) is 6.05. The Balaban J connectivity index is 1.44. The first-order valence-corrected chi connectivity index (χ1v) is 10.4. The van der Waals surface area contributed by atoms with Crippen LogP contribution in [0.4, 0.5) is 0 Å². The van der Waals surface area contributed by atoms with Crippen molar-refractivity contribution in [2.24, 2.45) is 11.8 Å². The summed E-state index contributed by atoms with van der Waals surface area (Å²) in [4.78, 5) is 40.5. The Hall–Kier alpha value is -2.37. The van der Waals surface area contributed by atoms with Gasteiger partial charge < -0.3 is 15.1 Å².